The van der Waals surface area contributed by atoms with E-state index < -0.39 is 0 Å². The molecule has 0 aromatic heterocycles. The topological polar surface area (TPSA) is 59.6 Å². The van der Waals surface area contributed by atoms with Gasteiger partial charge in [0, 0.05) is 12.0 Å². The molecule has 0 bridgehead atoms. The minimum atomic E-state index is -0.353. The first-order valence-electron chi connectivity index (χ1n) is 7.04. The number of rotatable bonds is 3. The van der Waals surface area contributed by atoms with Crippen LogP contribution in [-0.4, -0.2) is 38.4 Å². The summed E-state index contributed by atoms with van der Waals surface area (Å²) in [6, 6.07) is 9.78. The van der Waals surface area contributed by atoms with Crippen LogP contribution in [0.1, 0.15) is 12.0 Å². The maximum Gasteiger partial charge on any atom is 0.407 e. The highest BCUT2D eigenvalue weighted by Gasteiger charge is 2.47. The predicted octanol–water partition coefficient (Wildman–Crippen LogP) is 1.29. The van der Waals surface area contributed by atoms with Gasteiger partial charge in [0.25, 0.3) is 0 Å². The van der Waals surface area contributed by atoms with E-state index in [1.54, 1.807) is 0 Å². The molecule has 108 valence electrons. The van der Waals surface area contributed by atoms with Crippen LogP contribution in [0, 0.1) is 5.41 Å². The SMILES string of the molecule is O=C(NC1CNCCC12COC2)OCc1ccccc1. The van der Waals surface area contributed by atoms with Gasteiger partial charge in [0.05, 0.1) is 19.3 Å². The first-order valence-corrected chi connectivity index (χ1v) is 7.04. The van der Waals surface area contributed by atoms with Crippen LogP contribution >= 0.6 is 0 Å². The van der Waals surface area contributed by atoms with E-state index in [1.165, 1.54) is 0 Å². The Bertz CT molecular complexity index is 459. The van der Waals surface area contributed by atoms with Crippen molar-refractivity contribution in [1.82, 2.24) is 10.6 Å². The molecule has 20 heavy (non-hydrogen) atoms. The van der Waals surface area contributed by atoms with E-state index >= 15 is 0 Å². The Morgan fingerprint density at radius 3 is 2.90 bits per heavy atom. The first kappa shape index (κ1) is 13.4. The third kappa shape index (κ3) is 2.78. The number of carbonyl (C=O) groups is 1. The van der Waals surface area contributed by atoms with Gasteiger partial charge in [0.15, 0.2) is 0 Å². The standard InChI is InChI=1S/C15H20N2O3/c18-14(20-9-12-4-2-1-3-5-12)17-13-8-16-7-6-15(13)10-19-11-15/h1-5,13,16H,6-11H2,(H,17,18). The molecule has 0 radical (unpaired) electrons. The second-order valence-corrected chi connectivity index (χ2v) is 5.57. The fraction of sp³-hybridized carbons (Fsp3) is 0.533. The summed E-state index contributed by atoms with van der Waals surface area (Å²) in [7, 11) is 0. The molecule has 0 saturated carbocycles. The molecule has 0 aliphatic carbocycles. The van der Waals surface area contributed by atoms with Crippen LogP contribution in [0.25, 0.3) is 0 Å². The molecular weight excluding hydrogens is 256 g/mol. The van der Waals surface area contributed by atoms with Gasteiger partial charge in [-0.2, -0.15) is 0 Å². The predicted molar refractivity (Wildman–Crippen MR) is 74.3 cm³/mol. The maximum absolute atomic E-state index is 11.9. The Morgan fingerprint density at radius 2 is 2.20 bits per heavy atom. The van der Waals surface area contributed by atoms with E-state index in [1.807, 2.05) is 30.3 Å². The van der Waals surface area contributed by atoms with E-state index in [4.69, 9.17) is 9.47 Å². The zero-order valence-corrected chi connectivity index (χ0v) is 11.4. The van der Waals surface area contributed by atoms with Crippen LogP contribution in [0.5, 0.6) is 0 Å². The van der Waals surface area contributed by atoms with Crippen LogP contribution in [0.4, 0.5) is 4.79 Å². The van der Waals surface area contributed by atoms with Gasteiger partial charge >= 0.3 is 6.09 Å². The second-order valence-electron chi connectivity index (χ2n) is 5.57. The van der Waals surface area contributed by atoms with Crippen molar-refractivity contribution in [1.29, 1.82) is 0 Å². The smallest absolute Gasteiger partial charge is 0.407 e. The molecule has 5 heteroatoms. The highest BCUT2D eigenvalue weighted by atomic mass is 16.5. The number of carbonyl (C=O) groups excluding carboxylic acids is 1. The zero-order chi connectivity index (χ0) is 13.8. The van der Waals surface area contributed by atoms with Gasteiger partial charge in [-0.15, -0.1) is 0 Å². The monoisotopic (exact) mass is 276 g/mol. The maximum atomic E-state index is 11.9. The summed E-state index contributed by atoms with van der Waals surface area (Å²) in [6.45, 7) is 3.54. The van der Waals surface area contributed by atoms with Crippen molar-refractivity contribution in [2.45, 2.75) is 19.1 Å². The third-order valence-electron chi connectivity index (χ3n) is 4.17. The van der Waals surface area contributed by atoms with Gasteiger partial charge in [-0.3, -0.25) is 0 Å². The molecule has 1 amide bonds. The van der Waals surface area contributed by atoms with Crippen molar-refractivity contribution in [3.05, 3.63) is 35.9 Å². The van der Waals surface area contributed by atoms with Gasteiger partial charge in [-0.25, -0.2) is 4.79 Å². The van der Waals surface area contributed by atoms with Crippen LogP contribution < -0.4 is 10.6 Å². The second kappa shape index (κ2) is 5.81. The lowest BCUT2D eigenvalue weighted by Gasteiger charge is -2.49. The number of ether oxygens (including phenoxy) is 2. The Kier molecular flexibility index (Phi) is 3.89. The van der Waals surface area contributed by atoms with Crippen LogP contribution in [0.3, 0.4) is 0 Å². The van der Waals surface area contributed by atoms with E-state index in [-0.39, 0.29) is 17.6 Å². The van der Waals surface area contributed by atoms with E-state index in [0.29, 0.717) is 6.61 Å². The molecule has 1 unspecified atom stereocenters. The fourth-order valence-electron chi connectivity index (χ4n) is 2.80. The van der Waals surface area contributed by atoms with Crippen molar-refractivity contribution in [3.8, 4) is 0 Å². The minimum absolute atomic E-state index is 0.0910. The Hall–Kier alpha value is -1.59. The number of amides is 1. The molecule has 2 aliphatic heterocycles. The van der Waals surface area contributed by atoms with E-state index in [2.05, 4.69) is 10.6 Å². The van der Waals surface area contributed by atoms with Crippen LogP contribution in [-0.2, 0) is 16.1 Å². The summed E-state index contributed by atoms with van der Waals surface area (Å²) in [5.41, 5.74) is 1.10. The molecule has 2 aliphatic rings. The van der Waals surface area contributed by atoms with Crippen molar-refractivity contribution < 1.29 is 14.3 Å². The molecule has 5 nitrogen and oxygen atoms in total. The molecule has 1 aromatic rings. The number of piperidine rings is 1. The molecule has 3 rings (SSSR count). The zero-order valence-electron chi connectivity index (χ0n) is 11.4. The number of nitrogens with one attached hydrogen (secondary N) is 2. The molecule has 1 aromatic carbocycles. The van der Waals surface area contributed by atoms with Crippen molar-refractivity contribution in [2.24, 2.45) is 5.41 Å². The lowest BCUT2D eigenvalue weighted by Crippen LogP contribution is -2.65. The van der Waals surface area contributed by atoms with Crippen molar-refractivity contribution in [2.75, 3.05) is 26.3 Å². The number of alkyl carbamates (subject to hydrolysis) is 1. The number of hydrogen-bond acceptors (Lipinski definition) is 4. The number of benzene rings is 1. The Balaban J connectivity index is 1.50. The van der Waals surface area contributed by atoms with Crippen LogP contribution in [0.15, 0.2) is 30.3 Å². The molecule has 1 spiro atoms. The average Bonchev–Trinajstić information content (AvgIpc) is 2.45. The number of hydrogen-bond donors (Lipinski definition) is 2. The molecule has 2 fully saturated rings. The fourth-order valence-corrected chi connectivity index (χ4v) is 2.80. The summed E-state index contributed by atoms with van der Waals surface area (Å²) < 4.78 is 10.6. The average molecular weight is 276 g/mol. The van der Waals surface area contributed by atoms with Gasteiger partial charge in [-0.1, -0.05) is 30.3 Å². The van der Waals surface area contributed by atoms with Crippen LogP contribution in [0.2, 0.25) is 0 Å². The molecular formula is C15H20N2O3. The summed E-state index contributed by atoms with van der Waals surface area (Å²) >= 11 is 0. The first-order chi connectivity index (χ1) is 9.78. The highest BCUT2D eigenvalue weighted by molar-refractivity contribution is 5.67. The summed E-state index contributed by atoms with van der Waals surface area (Å²) in [5.74, 6) is 0. The quantitative estimate of drug-likeness (QED) is 0.873. The summed E-state index contributed by atoms with van der Waals surface area (Å²) in [6.07, 6.45) is 0.685. The lowest BCUT2D eigenvalue weighted by atomic mass is 9.73. The van der Waals surface area contributed by atoms with Crippen molar-refractivity contribution >= 4 is 6.09 Å². The van der Waals surface area contributed by atoms with E-state index in [0.717, 1.165) is 38.3 Å². The van der Waals surface area contributed by atoms with Gasteiger partial charge in [0.2, 0.25) is 0 Å². The largest absolute Gasteiger partial charge is 0.445 e. The van der Waals surface area contributed by atoms with Gasteiger partial charge in [-0.05, 0) is 18.5 Å². The molecule has 1 atom stereocenters. The minimum Gasteiger partial charge on any atom is -0.445 e. The van der Waals surface area contributed by atoms with Gasteiger partial charge < -0.3 is 20.1 Å². The Morgan fingerprint density at radius 1 is 1.40 bits per heavy atom. The normalized spacial score (nSPS) is 23.9. The summed E-state index contributed by atoms with van der Waals surface area (Å²) in [4.78, 5) is 11.9. The van der Waals surface area contributed by atoms with E-state index in [9.17, 15) is 4.79 Å². The van der Waals surface area contributed by atoms with Crippen molar-refractivity contribution in [3.63, 3.8) is 0 Å². The molecule has 2 saturated heterocycles. The summed E-state index contributed by atoms with van der Waals surface area (Å²) in [5, 5.41) is 6.29. The van der Waals surface area contributed by atoms with Gasteiger partial charge in [0.1, 0.15) is 6.61 Å². The lowest BCUT2D eigenvalue weighted by molar-refractivity contribution is -0.142. The molecule has 2 N–H and O–H groups in total. The Labute approximate surface area is 118 Å². The third-order valence-corrected chi connectivity index (χ3v) is 4.17. The highest BCUT2D eigenvalue weighted by Crippen LogP contribution is 2.36. The molecule has 2 heterocycles.